The minimum Gasteiger partial charge on any atom is -1.00 e. The highest BCUT2D eigenvalue weighted by Gasteiger charge is 2.68. The first-order valence-electron chi connectivity index (χ1n) is 27.6. The van der Waals surface area contributed by atoms with Crippen LogP contribution < -0.4 is 17.0 Å². The molecule has 0 N–H and O–H groups in total. The Balaban J connectivity index is 0.00000726. The van der Waals surface area contributed by atoms with Gasteiger partial charge in [-0.15, -0.1) is 0 Å². The molecule has 4 aliphatic carbocycles. The number of rotatable bonds is 27. The Bertz CT molecular complexity index is 1300. The fourth-order valence-electron chi connectivity index (χ4n) is 15.1. The second-order valence-corrected chi connectivity index (χ2v) is 27.6. The zero-order chi connectivity index (χ0) is 43.4. The van der Waals surface area contributed by atoms with Crippen molar-refractivity contribution in [3.05, 3.63) is 11.6 Å². The quantitative estimate of drug-likeness (QED) is 0.0356. The molecule has 62 heavy (non-hydrogen) atoms. The molecular weight excluding hydrogens is 847 g/mol. The van der Waals surface area contributed by atoms with E-state index in [0.29, 0.717) is 35.7 Å². The van der Waals surface area contributed by atoms with E-state index in [1.54, 1.807) is 5.57 Å². The van der Waals surface area contributed by atoms with Gasteiger partial charge in [0, 0.05) is 32.4 Å². The van der Waals surface area contributed by atoms with Gasteiger partial charge in [-0.05, 0) is 137 Å². The van der Waals surface area contributed by atoms with Crippen LogP contribution in [0.5, 0.6) is 0 Å². The van der Waals surface area contributed by atoms with Crippen molar-refractivity contribution in [2.75, 3.05) is 31.3 Å². The second kappa shape index (κ2) is 25.4. The van der Waals surface area contributed by atoms with Crippen LogP contribution in [0, 0.1) is 46.3 Å². The summed E-state index contributed by atoms with van der Waals surface area (Å²) in [5.74, 6) is 3.78. The summed E-state index contributed by atoms with van der Waals surface area (Å²) in [4.78, 5) is 13.6. The number of carbonyl (C=O) groups excluding carboxylic acids is 1. The fraction of sp³-hybridized carbons (Fsp3) is 0.946. The van der Waals surface area contributed by atoms with E-state index in [2.05, 4.69) is 54.5 Å². The van der Waals surface area contributed by atoms with E-state index in [4.69, 9.17) is 14.2 Å². The van der Waals surface area contributed by atoms with E-state index in [9.17, 15) is 4.79 Å². The molecule has 2 saturated heterocycles. The van der Waals surface area contributed by atoms with Crippen LogP contribution in [0.2, 0.25) is 0 Å². The average Bonchev–Trinajstić information content (AvgIpc) is 3.70. The molecule has 11 atom stereocenters. The summed E-state index contributed by atoms with van der Waals surface area (Å²) >= 11 is 0. The van der Waals surface area contributed by atoms with E-state index >= 15 is 0 Å². The summed E-state index contributed by atoms with van der Waals surface area (Å²) in [6, 6.07) is 0. The second-order valence-electron chi connectivity index (χ2n) is 23.1. The highest BCUT2D eigenvalue weighted by atomic mass is 79.9. The number of halogens is 1. The van der Waals surface area contributed by atoms with Crippen molar-refractivity contribution in [3.63, 3.8) is 0 Å². The first-order chi connectivity index (χ1) is 29.5. The summed E-state index contributed by atoms with van der Waals surface area (Å²) in [7, 11) is -0.996. The highest BCUT2D eigenvalue weighted by molar-refractivity contribution is 7.75. The van der Waals surface area contributed by atoms with Gasteiger partial charge in [0.15, 0.2) is 5.79 Å². The molecule has 0 bridgehead atoms. The lowest BCUT2D eigenvalue weighted by Crippen LogP contribution is -3.00. The van der Waals surface area contributed by atoms with E-state index in [-0.39, 0.29) is 40.3 Å². The lowest BCUT2D eigenvalue weighted by Gasteiger charge is -2.58. The average molecular weight is 948 g/mol. The Morgan fingerprint density at radius 1 is 0.710 bits per heavy atom. The standard InChI is InChI=1S/C56H100O4P.BrH/c1-8-11-14-17-20-24-37-61(38-25-21-18-15-12-9-2,39-26-22-19-16-13-10-3)40-27-23-28-52(57)59-47-32-34-54(6)46(41-47)29-30-48-49(54)33-35-55(7)50(48)42-51-53(55)45(5)56(60-51)36-31-44(4)43-58-56;/h29,44-45,47-51,53H,8-28,30-43H2,1-7H3;1H/q+1;/p-1/t44-,45+,47+,48-,49+,50+,51+,53+,54+,55+,56-;/m1./s1. The summed E-state index contributed by atoms with van der Waals surface area (Å²) in [6.45, 7) is 17.9. The predicted octanol–water partition coefficient (Wildman–Crippen LogP) is 13.5. The molecular formula is C56H100BrO4P. The minimum atomic E-state index is -0.996. The molecule has 360 valence electrons. The van der Waals surface area contributed by atoms with Gasteiger partial charge >= 0.3 is 5.97 Å². The Hall–Kier alpha value is 0.0400. The monoisotopic (exact) mass is 947 g/mol. The zero-order valence-electron chi connectivity index (χ0n) is 41.9. The maximum absolute atomic E-state index is 13.6. The van der Waals surface area contributed by atoms with E-state index in [0.717, 1.165) is 50.0 Å². The van der Waals surface area contributed by atoms with Crippen molar-refractivity contribution in [2.45, 2.75) is 259 Å². The number of carbonyl (C=O) groups is 1. The maximum atomic E-state index is 13.6. The first kappa shape index (κ1) is 53.0. The number of fused-ring (bicyclic) bond motifs is 7. The van der Waals surface area contributed by atoms with Crippen molar-refractivity contribution in [1.29, 1.82) is 0 Å². The van der Waals surface area contributed by atoms with Crippen LogP contribution in [-0.4, -0.2) is 55.2 Å². The molecule has 0 amide bonds. The summed E-state index contributed by atoms with van der Waals surface area (Å²) < 4.78 is 20.0. The normalized spacial score (nSPS) is 35.1. The molecule has 0 aromatic heterocycles. The molecule has 6 heteroatoms. The van der Waals surface area contributed by atoms with Crippen molar-refractivity contribution >= 4 is 13.2 Å². The van der Waals surface area contributed by atoms with Crippen molar-refractivity contribution < 1.29 is 36.0 Å². The number of esters is 1. The molecule has 6 rings (SSSR count). The Morgan fingerprint density at radius 3 is 1.84 bits per heavy atom. The molecule has 0 radical (unpaired) electrons. The van der Waals surface area contributed by atoms with Gasteiger partial charge in [-0.2, -0.15) is 0 Å². The summed E-state index contributed by atoms with van der Waals surface area (Å²) in [5, 5.41) is 0. The summed E-state index contributed by atoms with van der Waals surface area (Å²) in [5.41, 5.74) is 2.24. The van der Waals surface area contributed by atoms with Crippen molar-refractivity contribution in [2.24, 2.45) is 46.3 Å². The van der Waals surface area contributed by atoms with Crippen LogP contribution in [-0.2, 0) is 19.0 Å². The van der Waals surface area contributed by atoms with Gasteiger partial charge < -0.3 is 31.2 Å². The molecule has 0 aromatic carbocycles. The molecule has 2 heterocycles. The van der Waals surface area contributed by atoms with Crippen LogP contribution in [0.1, 0.15) is 241 Å². The third-order valence-electron chi connectivity index (χ3n) is 18.8. The highest BCUT2D eigenvalue weighted by Crippen LogP contribution is 2.71. The maximum Gasteiger partial charge on any atom is 0.306 e. The van der Waals surface area contributed by atoms with Gasteiger partial charge in [-0.1, -0.05) is 137 Å². The third kappa shape index (κ3) is 13.0. The number of hydrogen-bond acceptors (Lipinski definition) is 4. The summed E-state index contributed by atoms with van der Waals surface area (Å²) in [6.07, 6.45) is 48.0. The number of hydrogen-bond donors (Lipinski definition) is 0. The Kier molecular flexibility index (Phi) is 21.7. The SMILES string of the molecule is CCCCCCCC[P+](CCCCCCCC)(CCCCCCCC)CCCCC(=O)O[C@H]1CC[C@@]2(C)C(=CC[C@H]3[C@@H]4C[C@@H]5O[C@]6(CC[C@@H](C)CO6)[C@@H](C)[C@@H]5[C@@]4(C)CC[C@@H]32)C1.[Br-]. The molecule has 1 spiro atoms. The van der Waals surface area contributed by atoms with Gasteiger partial charge in [0.25, 0.3) is 0 Å². The van der Waals surface area contributed by atoms with Gasteiger partial charge in [0.05, 0.1) is 37.4 Å². The van der Waals surface area contributed by atoms with Gasteiger partial charge in [-0.3, -0.25) is 4.79 Å². The van der Waals surface area contributed by atoms with Crippen molar-refractivity contribution in [3.8, 4) is 0 Å². The van der Waals surface area contributed by atoms with Crippen LogP contribution in [0.25, 0.3) is 0 Å². The Labute approximate surface area is 395 Å². The molecule has 2 aliphatic heterocycles. The largest absolute Gasteiger partial charge is 1.00 e. The smallest absolute Gasteiger partial charge is 0.306 e. The molecule has 0 unspecified atom stereocenters. The topological polar surface area (TPSA) is 44.8 Å². The Morgan fingerprint density at radius 2 is 1.27 bits per heavy atom. The van der Waals surface area contributed by atoms with Crippen LogP contribution >= 0.6 is 7.26 Å². The van der Waals surface area contributed by atoms with E-state index < -0.39 is 7.26 Å². The minimum absolute atomic E-state index is 0. The van der Waals surface area contributed by atoms with Gasteiger partial charge in [0.2, 0.25) is 0 Å². The predicted molar refractivity (Wildman–Crippen MR) is 262 cm³/mol. The van der Waals surface area contributed by atoms with E-state index in [1.165, 1.54) is 185 Å². The van der Waals surface area contributed by atoms with Gasteiger partial charge in [0.1, 0.15) is 6.10 Å². The molecule has 4 nitrogen and oxygen atoms in total. The van der Waals surface area contributed by atoms with Crippen LogP contribution in [0.15, 0.2) is 11.6 Å². The fourth-order valence-corrected chi connectivity index (χ4v) is 20.0. The molecule has 0 aromatic rings. The van der Waals surface area contributed by atoms with Crippen LogP contribution in [0.3, 0.4) is 0 Å². The molecule has 6 aliphatic rings. The molecule has 3 saturated carbocycles. The number of ether oxygens (including phenoxy) is 3. The van der Waals surface area contributed by atoms with E-state index in [1.807, 2.05) is 0 Å². The molecule has 5 fully saturated rings. The zero-order valence-corrected chi connectivity index (χ0v) is 44.4. The van der Waals surface area contributed by atoms with Crippen molar-refractivity contribution in [1.82, 2.24) is 0 Å². The lowest BCUT2D eigenvalue weighted by atomic mass is 9.47. The number of unbranched alkanes of at least 4 members (excludes halogenated alkanes) is 16. The number of allylic oxidation sites excluding steroid dienone is 1. The third-order valence-corrected chi connectivity index (χ3v) is 23.9. The lowest BCUT2D eigenvalue weighted by molar-refractivity contribution is -0.272. The van der Waals surface area contributed by atoms with Gasteiger partial charge in [-0.25, -0.2) is 0 Å². The first-order valence-corrected chi connectivity index (χ1v) is 30.1. The van der Waals surface area contributed by atoms with Crippen LogP contribution in [0.4, 0.5) is 0 Å².